The van der Waals surface area contributed by atoms with Gasteiger partial charge in [-0.3, -0.25) is 0 Å². The van der Waals surface area contributed by atoms with Gasteiger partial charge >= 0.3 is 0 Å². The van der Waals surface area contributed by atoms with Gasteiger partial charge in [0.05, 0.1) is 15.6 Å². The van der Waals surface area contributed by atoms with E-state index in [1.54, 1.807) is 24.3 Å². The predicted octanol–water partition coefficient (Wildman–Crippen LogP) is 5.12. The van der Waals surface area contributed by atoms with E-state index in [0.717, 1.165) is 25.6 Å². The molecule has 3 aromatic rings. The summed E-state index contributed by atoms with van der Waals surface area (Å²) in [6.07, 6.45) is 2.59. The van der Waals surface area contributed by atoms with Gasteiger partial charge in [0.2, 0.25) is 0 Å². The minimum atomic E-state index is -0.661. The monoisotopic (exact) mass is 504 g/mol. The van der Waals surface area contributed by atoms with Crippen molar-refractivity contribution in [2.24, 2.45) is 16.6 Å². The van der Waals surface area contributed by atoms with E-state index >= 15 is 0 Å². The summed E-state index contributed by atoms with van der Waals surface area (Å²) >= 11 is 13.0. The molecule has 0 spiro atoms. The van der Waals surface area contributed by atoms with Crippen molar-refractivity contribution in [3.8, 4) is 11.4 Å². The van der Waals surface area contributed by atoms with Gasteiger partial charge in [0.1, 0.15) is 23.2 Å². The van der Waals surface area contributed by atoms with E-state index in [0.29, 0.717) is 51.0 Å². The largest absolute Gasteiger partial charge is 0.370 e. The van der Waals surface area contributed by atoms with Crippen molar-refractivity contribution in [3.05, 3.63) is 75.9 Å². The number of imidazole rings is 1. The zero-order chi connectivity index (χ0) is 24.2. The van der Waals surface area contributed by atoms with Gasteiger partial charge in [-0.25, -0.2) is 13.8 Å². The molecule has 0 radical (unpaired) electrons. The molecule has 1 unspecified atom stereocenters. The number of aliphatic imine (C=N–C) groups is 1. The molecule has 4 rings (SSSR count). The number of nitrogens with two attached hydrogens (primary N) is 1. The molecule has 0 amide bonds. The van der Waals surface area contributed by atoms with E-state index in [1.165, 1.54) is 12.1 Å². The molecule has 1 aliphatic rings. The first-order valence-electron chi connectivity index (χ1n) is 10.8. The summed E-state index contributed by atoms with van der Waals surface area (Å²) in [5, 5.41) is 7.20. The van der Waals surface area contributed by atoms with Crippen LogP contribution in [-0.4, -0.2) is 28.6 Å². The quantitative estimate of drug-likeness (QED) is 0.308. The zero-order valence-corrected chi connectivity index (χ0v) is 19.8. The fourth-order valence-electron chi connectivity index (χ4n) is 3.98. The predicted molar refractivity (Wildman–Crippen MR) is 133 cm³/mol. The molecule has 0 saturated carbocycles. The SMILES string of the molecule is C=Cc1nc(-c2c(Cl)cccc2Cl)n(CC2CCNC2)c1/N=C(\N)NCc1cc(F)cc(F)c1. The van der Waals surface area contributed by atoms with Gasteiger partial charge in [-0.2, -0.15) is 4.99 Å². The van der Waals surface area contributed by atoms with E-state index in [2.05, 4.69) is 22.2 Å². The topological polar surface area (TPSA) is 80.3 Å². The van der Waals surface area contributed by atoms with E-state index in [1.807, 2.05) is 4.57 Å². The number of rotatable bonds is 7. The highest BCUT2D eigenvalue weighted by atomic mass is 35.5. The lowest BCUT2D eigenvalue weighted by atomic mass is 10.1. The Morgan fingerprint density at radius 1 is 1.26 bits per heavy atom. The molecule has 1 aromatic heterocycles. The maximum Gasteiger partial charge on any atom is 0.195 e. The lowest BCUT2D eigenvalue weighted by Crippen LogP contribution is -2.31. The van der Waals surface area contributed by atoms with E-state index < -0.39 is 11.6 Å². The normalized spacial score (nSPS) is 16.1. The molecule has 2 aromatic carbocycles. The van der Waals surface area contributed by atoms with Crippen LogP contribution in [0.5, 0.6) is 0 Å². The second-order valence-corrected chi connectivity index (χ2v) is 8.86. The van der Waals surface area contributed by atoms with Crippen molar-refractivity contribution in [3.63, 3.8) is 0 Å². The summed E-state index contributed by atoms with van der Waals surface area (Å²) in [6.45, 7) is 6.37. The Labute approximate surface area is 206 Å². The molecule has 1 saturated heterocycles. The summed E-state index contributed by atoms with van der Waals surface area (Å²) in [6, 6.07) is 8.55. The summed E-state index contributed by atoms with van der Waals surface area (Å²) in [5.41, 5.74) is 7.66. The van der Waals surface area contributed by atoms with Crippen molar-refractivity contribution in [1.82, 2.24) is 20.2 Å². The average molecular weight is 505 g/mol. The molecule has 1 fully saturated rings. The molecule has 1 atom stereocenters. The Hall–Kier alpha value is -2.94. The number of nitrogens with zero attached hydrogens (tertiary/aromatic N) is 3. The molecule has 2 heterocycles. The van der Waals surface area contributed by atoms with E-state index in [-0.39, 0.29) is 12.5 Å². The summed E-state index contributed by atoms with van der Waals surface area (Å²) in [4.78, 5) is 9.28. The molecular weight excluding hydrogens is 481 g/mol. The Kier molecular flexibility index (Phi) is 7.50. The van der Waals surface area contributed by atoms with Crippen molar-refractivity contribution >= 4 is 41.1 Å². The van der Waals surface area contributed by atoms with Crippen LogP contribution in [0.25, 0.3) is 17.5 Å². The zero-order valence-electron chi connectivity index (χ0n) is 18.3. The molecule has 0 bridgehead atoms. The summed E-state index contributed by atoms with van der Waals surface area (Å²) in [5.74, 6) is 0.150. The molecule has 34 heavy (non-hydrogen) atoms. The van der Waals surface area contributed by atoms with Gasteiger partial charge in [-0.1, -0.05) is 35.8 Å². The summed E-state index contributed by atoms with van der Waals surface area (Å²) < 4.78 is 28.9. The van der Waals surface area contributed by atoms with Crippen LogP contribution in [0, 0.1) is 17.6 Å². The number of aromatic nitrogens is 2. The molecule has 6 nitrogen and oxygen atoms in total. The lowest BCUT2D eigenvalue weighted by molar-refractivity contribution is 0.486. The standard InChI is InChI=1S/C24H24Cl2F2N6/c1-2-20-22(33-24(29)31-12-15-8-16(27)10-17(28)9-15)34(13-14-6-7-30-11-14)23(32-20)21-18(25)4-3-5-19(21)26/h2-5,8-10,14,30H,1,6-7,11-13H2,(H3,29,31,33). The Morgan fingerprint density at radius 3 is 2.59 bits per heavy atom. The first-order valence-corrected chi connectivity index (χ1v) is 11.5. The van der Waals surface area contributed by atoms with Crippen LogP contribution in [0.2, 0.25) is 10.0 Å². The second-order valence-electron chi connectivity index (χ2n) is 8.04. The van der Waals surface area contributed by atoms with Gasteiger partial charge in [-0.05, 0) is 61.3 Å². The number of halogens is 4. The van der Waals surface area contributed by atoms with Gasteiger partial charge in [0.25, 0.3) is 0 Å². The molecule has 1 aliphatic heterocycles. The Bertz CT molecular complexity index is 1190. The number of hydrogen-bond donors (Lipinski definition) is 3. The van der Waals surface area contributed by atoms with Gasteiger partial charge in [-0.15, -0.1) is 0 Å². The number of guanidine groups is 1. The first-order chi connectivity index (χ1) is 16.4. The smallest absolute Gasteiger partial charge is 0.195 e. The van der Waals surface area contributed by atoms with E-state index in [4.69, 9.17) is 33.9 Å². The molecule has 10 heteroatoms. The first kappa shape index (κ1) is 24.2. The third-order valence-electron chi connectivity index (χ3n) is 5.57. The number of hydrogen-bond acceptors (Lipinski definition) is 3. The third-order valence-corrected chi connectivity index (χ3v) is 6.20. The highest BCUT2D eigenvalue weighted by Gasteiger charge is 2.24. The Morgan fingerprint density at radius 2 is 1.97 bits per heavy atom. The molecule has 178 valence electrons. The van der Waals surface area contributed by atoms with Gasteiger partial charge in [0.15, 0.2) is 11.8 Å². The number of nitrogens with one attached hydrogen (secondary N) is 2. The van der Waals surface area contributed by atoms with Crippen LogP contribution in [-0.2, 0) is 13.1 Å². The van der Waals surface area contributed by atoms with Crippen LogP contribution in [0.4, 0.5) is 14.6 Å². The van der Waals surface area contributed by atoms with Crippen molar-refractivity contribution < 1.29 is 8.78 Å². The maximum atomic E-state index is 13.5. The Balaban J connectivity index is 1.72. The molecule has 0 aliphatic carbocycles. The molecular formula is C24H24Cl2F2N6. The highest BCUT2D eigenvalue weighted by molar-refractivity contribution is 6.39. The number of benzene rings is 2. The van der Waals surface area contributed by atoms with Crippen LogP contribution >= 0.6 is 23.2 Å². The van der Waals surface area contributed by atoms with Gasteiger partial charge in [0, 0.05) is 19.2 Å². The van der Waals surface area contributed by atoms with Gasteiger partial charge < -0.3 is 20.9 Å². The minimum Gasteiger partial charge on any atom is -0.370 e. The van der Waals surface area contributed by atoms with Crippen molar-refractivity contribution in [2.75, 3.05) is 13.1 Å². The highest BCUT2D eigenvalue weighted by Crippen LogP contribution is 2.38. The van der Waals surface area contributed by atoms with Crippen LogP contribution in [0.15, 0.2) is 48.0 Å². The minimum absolute atomic E-state index is 0.0651. The fourth-order valence-corrected chi connectivity index (χ4v) is 4.55. The maximum absolute atomic E-state index is 13.5. The second kappa shape index (κ2) is 10.5. The van der Waals surface area contributed by atoms with Crippen LogP contribution in [0.1, 0.15) is 17.7 Å². The van der Waals surface area contributed by atoms with Crippen molar-refractivity contribution in [1.29, 1.82) is 0 Å². The molecule has 4 N–H and O–H groups in total. The van der Waals surface area contributed by atoms with Crippen molar-refractivity contribution in [2.45, 2.75) is 19.5 Å². The van der Waals surface area contributed by atoms with E-state index in [9.17, 15) is 8.78 Å². The fraction of sp³-hybridized carbons (Fsp3) is 0.250. The summed E-state index contributed by atoms with van der Waals surface area (Å²) in [7, 11) is 0. The average Bonchev–Trinajstić information content (AvgIpc) is 3.41. The van der Waals surface area contributed by atoms with Crippen LogP contribution < -0.4 is 16.4 Å². The third kappa shape index (κ3) is 5.41. The van der Waals surface area contributed by atoms with Crippen LogP contribution in [0.3, 0.4) is 0 Å². The lowest BCUT2D eigenvalue weighted by Gasteiger charge is -2.16.